The second-order valence-electron chi connectivity index (χ2n) is 4.80. The predicted octanol–water partition coefficient (Wildman–Crippen LogP) is 2.89. The van der Waals surface area contributed by atoms with Crippen LogP contribution in [0.25, 0.3) is 0 Å². The fraction of sp³-hybridized carbons (Fsp3) is 0.250. The molecule has 0 heterocycles. The molecule has 0 bridgehead atoms. The van der Waals surface area contributed by atoms with E-state index < -0.39 is 0 Å². The van der Waals surface area contributed by atoms with Gasteiger partial charge >= 0.3 is 0 Å². The van der Waals surface area contributed by atoms with E-state index in [0.29, 0.717) is 6.42 Å². The van der Waals surface area contributed by atoms with Gasteiger partial charge in [0.05, 0.1) is 7.11 Å². The van der Waals surface area contributed by atoms with Gasteiger partial charge in [0, 0.05) is 6.04 Å². The molecule has 3 nitrogen and oxygen atoms in total. The van der Waals surface area contributed by atoms with E-state index in [0.717, 1.165) is 11.1 Å². The van der Waals surface area contributed by atoms with Gasteiger partial charge in [0.25, 0.3) is 0 Å². The third kappa shape index (κ3) is 3.35. The van der Waals surface area contributed by atoms with Crippen molar-refractivity contribution in [2.24, 2.45) is 5.84 Å². The van der Waals surface area contributed by atoms with E-state index in [1.54, 1.807) is 6.07 Å². The Balaban J connectivity index is 2.17. The highest BCUT2D eigenvalue weighted by molar-refractivity contribution is 5.31. The summed E-state index contributed by atoms with van der Waals surface area (Å²) in [4.78, 5) is 0. The van der Waals surface area contributed by atoms with Crippen LogP contribution < -0.4 is 16.0 Å². The Morgan fingerprint density at radius 3 is 2.45 bits per heavy atom. The van der Waals surface area contributed by atoms with Crippen molar-refractivity contribution in [2.45, 2.75) is 19.4 Å². The van der Waals surface area contributed by atoms with E-state index in [9.17, 15) is 4.39 Å². The number of ether oxygens (including phenoxy) is 1. The lowest BCUT2D eigenvalue weighted by Gasteiger charge is -2.17. The van der Waals surface area contributed by atoms with Crippen molar-refractivity contribution >= 4 is 0 Å². The first-order valence-corrected chi connectivity index (χ1v) is 6.49. The average Bonchev–Trinajstić information content (AvgIpc) is 2.46. The van der Waals surface area contributed by atoms with Crippen molar-refractivity contribution in [2.75, 3.05) is 7.11 Å². The summed E-state index contributed by atoms with van der Waals surface area (Å²) in [7, 11) is 1.45. The molecule has 0 aliphatic carbocycles. The Morgan fingerprint density at radius 2 is 1.90 bits per heavy atom. The molecule has 0 amide bonds. The number of hydrazine groups is 1. The van der Waals surface area contributed by atoms with E-state index >= 15 is 0 Å². The van der Waals surface area contributed by atoms with Gasteiger partial charge in [-0.15, -0.1) is 0 Å². The minimum atomic E-state index is -0.357. The van der Waals surface area contributed by atoms with Crippen LogP contribution in [0, 0.1) is 12.7 Å². The monoisotopic (exact) mass is 274 g/mol. The molecular weight excluding hydrogens is 255 g/mol. The van der Waals surface area contributed by atoms with Gasteiger partial charge in [-0.1, -0.05) is 35.9 Å². The summed E-state index contributed by atoms with van der Waals surface area (Å²) in [6.07, 6.45) is 0.612. The summed E-state index contributed by atoms with van der Waals surface area (Å²) in [6, 6.07) is 13.0. The van der Waals surface area contributed by atoms with Crippen LogP contribution in [0.1, 0.15) is 22.7 Å². The molecule has 4 heteroatoms. The number of benzene rings is 2. The number of methoxy groups -OCH3 is 1. The Hall–Kier alpha value is -1.91. The molecule has 0 aromatic heterocycles. The van der Waals surface area contributed by atoms with Crippen molar-refractivity contribution in [1.29, 1.82) is 0 Å². The molecule has 2 aromatic carbocycles. The first kappa shape index (κ1) is 14.5. The zero-order valence-electron chi connectivity index (χ0n) is 11.7. The van der Waals surface area contributed by atoms with Gasteiger partial charge in [0.2, 0.25) is 0 Å². The third-order valence-electron chi connectivity index (χ3n) is 3.34. The Kier molecular flexibility index (Phi) is 4.71. The summed E-state index contributed by atoms with van der Waals surface area (Å²) >= 11 is 0. The summed E-state index contributed by atoms with van der Waals surface area (Å²) < 4.78 is 18.6. The fourth-order valence-electron chi connectivity index (χ4n) is 2.14. The zero-order chi connectivity index (χ0) is 14.5. The molecule has 0 aliphatic heterocycles. The van der Waals surface area contributed by atoms with Crippen LogP contribution >= 0.6 is 0 Å². The summed E-state index contributed by atoms with van der Waals surface area (Å²) in [6.45, 7) is 2.04. The zero-order valence-corrected chi connectivity index (χ0v) is 11.7. The van der Waals surface area contributed by atoms with Crippen LogP contribution in [0.15, 0.2) is 42.5 Å². The molecule has 106 valence electrons. The molecular formula is C16H19FN2O. The Bertz CT molecular complexity index is 569. The first-order valence-electron chi connectivity index (χ1n) is 6.49. The summed E-state index contributed by atoms with van der Waals surface area (Å²) in [5.74, 6) is 5.51. The Morgan fingerprint density at radius 1 is 1.20 bits per heavy atom. The molecule has 3 N–H and O–H groups in total. The number of rotatable bonds is 5. The van der Waals surface area contributed by atoms with Crippen LogP contribution in [0.5, 0.6) is 5.75 Å². The van der Waals surface area contributed by atoms with Gasteiger partial charge in [0.1, 0.15) is 0 Å². The van der Waals surface area contributed by atoms with Crippen molar-refractivity contribution in [1.82, 2.24) is 5.43 Å². The third-order valence-corrected chi connectivity index (χ3v) is 3.34. The molecule has 2 rings (SSSR count). The van der Waals surface area contributed by atoms with Crippen LogP contribution in [0.4, 0.5) is 4.39 Å². The molecule has 0 saturated carbocycles. The number of hydrogen-bond donors (Lipinski definition) is 2. The smallest absolute Gasteiger partial charge is 0.165 e. The molecule has 0 spiro atoms. The van der Waals surface area contributed by atoms with Crippen molar-refractivity contribution in [3.05, 3.63) is 65.0 Å². The molecule has 0 fully saturated rings. The van der Waals surface area contributed by atoms with Crippen molar-refractivity contribution in [3.63, 3.8) is 0 Å². The molecule has 1 atom stereocenters. The van der Waals surface area contributed by atoms with Gasteiger partial charge in [-0.05, 0) is 36.6 Å². The fourth-order valence-corrected chi connectivity index (χ4v) is 2.14. The first-order chi connectivity index (χ1) is 9.63. The molecule has 2 aromatic rings. The number of nitrogens with two attached hydrogens (primary N) is 1. The summed E-state index contributed by atoms with van der Waals surface area (Å²) in [5, 5.41) is 0. The second-order valence-corrected chi connectivity index (χ2v) is 4.80. The molecule has 0 radical (unpaired) electrons. The number of nitrogens with one attached hydrogen (secondary N) is 1. The lowest BCUT2D eigenvalue weighted by molar-refractivity contribution is 0.386. The maximum absolute atomic E-state index is 13.7. The SMILES string of the molecule is COc1ccc(CC(NN)c2ccc(C)cc2)cc1F. The van der Waals surface area contributed by atoms with Crippen LogP contribution in [0.3, 0.4) is 0 Å². The highest BCUT2D eigenvalue weighted by Crippen LogP contribution is 2.22. The maximum Gasteiger partial charge on any atom is 0.165 e. The van der Waals surface area contributed by atoms with Crippen LogP contribution in [-0.4, -0.2) is 7.11 Å². The van der Waals surface area contributed by atoms with E-state index in [2.05, 4.69) is 5.43 Å². The quantitative estimate of drug-likeness (QED) is 0.651. The number of halogens is 1. The summed E-state index contributed by atoms with van der Waals surface area (Å²) in [5.41, 5.74) is 5.92. The van der Waals surface area contributed by atoms with Crippen molar-refractivity contribution in [3.8, 4) is 5.75 Å². The Labute approximate surface area is 118 Å². The lowest BCUT2D eigenvalue weighted by Crippen LogP contribution is -2.29. The van der Waals surface area contributed by atoms with Gasteiger partial charge in [0.15, 0.2) is 11.6 Å². The molecule has 0 saturated heterocycles. The topological polar surface area (TPSA) is 47.3 Å². The minimum absolute atomic E-state index is 0.0524. The van der Waals surface area contributed by atoms with Gasteiger partial charge in [-0.3, -0.25) is 11.3 Å². The highest BCUT2D eigenvalue weighted by Gasteiger charge is 2.12. The second kappa shape index (κ2) is 6.50. The standard InChI is InChI=1S/C16H19FN2O/c1-11-3-6-13(7-4-11)15(19-18)10-12-5-8-16(20-2)14(17)9-12/h3-9,15,19H,10,18H2,1-2H3. The maximum atomic E-state index is 13.7. The van der Waals surface area contributed by atoms with Crippen molar-refractivity contribution < 1.29 is 9.13 Å². The molecule has 1 unspecified atom stereocenters. The van der Waals surface area contributed by atoms with E-state index in [4.69, 9.17) is 10.6 Å². The lowest BCUT2D eigenvalue weighted by atomic mass is 9.98. The normalized spacial score (nSPS) is 12.2. The van der Waals surface area contributed by atoms with Gasteiger partial charge < -0.3 is 4.74 Å². The number of hydrogen-bond acceptors (Lipinski definition) is 3. The van der Waals surface area contributed by atoms with E-state index in [1.807, 2.05) is 37.3 Å². The highest BCUT2D eigenvalue weighted by atomic mass is 19.1. The molecule has 0 aliphatic rings. The van der Waals surface area contributed by atoms with Crippen LogP contribution in [0.2, 0.25) is 0 Å². The van der Waals surface area contributed by atoms with Gasteiger partial charge in [-0.2, -0.15) is 0 Å². The largest absolute Gasteiger partial charge is 0.494 e. The number of aryl methyl sites for hydroxylation is 1. The average molecular weight is 274 g/mol. The predicted molar refractivity (Wildman–Crippen MR) is 77.9 cm³/mol. The van der Waals surface area contributed by atoms with E-state index in [1.165, 1.54) is 18.7 Å². The molecule has 20 heavy (non-hydrogen) atoms. The minimum Gasteiger partial charge on any atom is -0.494 e. The van der Waals surface area contributed by atoms with Gasteiger partial charge in [-0.25, -0.2) is 4.39 Å². The van der Waals surface area contributed by atoms with Crippen LogP contribution in [-0.2, 0) is 6.42 Å². The van der Waals surface area contributed by atoms with E-state index in [-0.39, 0.29) is 17.6 Å².